The molecule has 5 heteroatoms. The number of anilines is 1. The first-order chi connectivity index (χ1) is 10.7. The van der Waals surface area contributed by atoms with Crippen molar-refractivity contribution in [3.8, 4) is 11.3 Å². The maximum Gasteiger partial charge on any atom is 0.200 e. The van der Waals surface area contributed by atoms with Crippen LogP contribution in [-0.4, -0.2) is 16.1 Å². The van der Waals surface area contributed by atoms with Gasteiger partial charge in [0.15, 0.2) is 0 Å². The van der Waals surface area contributed by atoms with E-state index in [0.717, 1.165) is 41.7 Å². The first-order valence-corrected chi connectivity index (χ1v) is 8.78. The molecule has 2 aromatic rings. The summed E-state index contributed by atoms with van der Waals surface area (Å²) in [6.07, 6.45) is 9.14. The lowest BCUT2D eigenvalue weighted by atomic mass is 10.1. The molecule has 0 atom stereocenters. The normalized spacial score (nSPS) is 11.0. The Bertz CT molecular complexity index is 563. The summed E-state index contributed by atoms with van der Waals surface area (Å²) >= 11 is 3.46. The molecule has 4 N–H and O–H groups in total. The highest BCUT2D eigenvalue weighted by Gasteiger charge is 2.09. The van der Waals surface area contributed by atoms with Crippen LogP contribution in [0.3, 0.4) is 0 Å². The van der Waals surface area contributed by atoms with Crippen LogP contribution in [0, 0.1) is 0 Å². The maximum absolute atomic E-state index is 6.02. The number of halogens is 1. The Kier molecular flexibility index (Phi) is 6.93. The van der Waals surface area contributed by atoms with Gasteiger partial charge in [-0.1, -0.05) is 53.7 Å². The molecule has 1 aromatic carbocycles. The van der Waals surface area contributed by atoms with Crippen molar-refractivity contribution in [2.45, 2.75) is 45.1 Å². The van der Waals surface area contributed by atoms with Crippen LogP contribution >= 0.6 is 15.9 Å². The van der Waals surface area contributed by atoms with Gasteiger partial charge in [-0.15, -0.1) is 0 Å². The SMILES string of the molecule is NCCCCCCCCn1c(-c2ccc(Br)cc2)cnc1N. The third kappa shape index (κ3) is 4.85. The maximum atomic E-state index is 6.02. The van der Waals surface area contributed by atoms with Gasteiger partial charge >= 0.3 is 0 Å². The van der Waals surface area contributed by atoms with Gasteiger partial charge in [-0.2, -0.15) is 0 Å². The highest BCUT2D eigenvalue weighted by atomic mass is 79.9. The minimum atomic E-state index is 0.598. The smallest absolute Gasteiger partial charge is 0.200 e. The minimum absolute atomic E-state index is 0.598. The topological polar surface area (TPSA) is 69.9 Å². The van der Waals surface area contributed by atoms with Crippen LogP contribution in [0.25, 0.3) is 11.3 Å². The monoisotopic (exact) mass is 364 g/mol. The zero-order valence-electron chi connectivity index (χ0n) is 13.0. The number of benzene rings is 1. The van der Waals surface area contributed by atoms with Crippen molar-refractivity contribution < 1.29 is 0 Å². The lowest BCUT2D eigenvalue weighted by Crippen LogP contribution is -2.05. The molecule has 0 saturated carbocycles. The summed E-state index contributed by atoms with van der Waals surface area (Å²) in [6.45, 7) is 1.73. The zero-order valence-corrected chi connectivity index (χ0v) is 14.6. The van der Waals surface area contributed by atoms with E-state index in [1.54, 1.807) is 0 Å². The number of hydrogen-bond acceptors (Lipinski definition) is 3. The van der Waals surface area contributed by atoms with Gasteiger partial charge in [-0.05, 0) is 37.1 Å². The van der Waals surface area contributed by atoms with Gasteiger partial charge in [-0.25, -0.2) is 4.98 Å². The Labute approximate surface area is 141 Å². The summed E-state index contributed by atoms with van der Waals surface area (Å²) in [7, 11) is 0. The molecule has 0 fully saturated rings. The van der Waals surface area contributed by atoms with E-state index in [1.807, 2.05) is 18.3 Å². The zero-order chi connectivity index (χ0) is 15.8. The summed E-state index contributed by atoms with van der Waals surface area (Å²) in [6, 6.07) is 8.26. The molecule has 1 aromatic heterocycles. The van der Waals surface area contributed by atoms with Crippen molar-refractivity contribution >= 4 is 21.9 Å². The number of nitrogen functional groups attached to an aromatic ring is 1. The molecule has 0 bridgehead atoms. The lowest BCUT2D eigenvalue weighted by molar-refractivity contribution is 0.558. The minimum Gasteiger partial charge on any atom is -0.369 e. The number of rotatable bonds is 9. The van der Waals surface area contributed by atoms with Crippen LogP contribution in [0.15, 0.2) is 34.9 Å². The second-order valence-electron chi connectivity index (χ2n) is 5.57. The number of nitrogens with zero attached hydrogens (tertiary/aromatic N) is 2. The van der Waals surface area contributed by atoms with Gasteiger partial charge in [0.1, 0.15) is 0 Å². The molecule has 0 unspecified atom stereocenters. The molecule has 0 spiro atoms. The molecule has 0 saturated heterocycles. The van der Waals surface area contributed by atoms with Crippen molar-refractivity contribution in [1.82, 2.24) is 9.55 Å². The predicted molar refractivity (Wildman–Crippen MR) is 96.5 cm³/mol. The second kappa shape index (κ2) is 8.96. The third-order valence-corrected chi connectivity index (χ3v) is 4.39. The number of hydrogen-bond donors (Lipinski definition) is 2. The van der Waals surface area contributed by atoms with E-state index in [9.17, 15) is 0 Å². The van der Waals surface area contributed by atoms with Crippen LogP contribution in [0.1, 0.15) is 38.5 Å². The molecule has 0 aliphatic rings. The van der Waals surface area contributed by atoms with Crippen LogP contribution in [0.4, 0.5) is 5.95 Å². The Morgan fingerprint density at radius 3 is 2.27 bits per heavy atom. The predicted octanol–water partition coefficient (Wildman–Crippen LogP) is 4.19. The molecular formula is C17H25BrN4. The van der Waals surface area contributed by atoms with E-state index in [-0.39, 0.29) is 0 Å². The summed E-state index contributed by atoms with van der Waals surface area (Å²) in [5.74, 6) is 0.598. The average molecular weight is 365 g/mol. The van der Waals surface area contributed by atoms with E-state index >= 15 is 0 Å². The first kappa shape index (κ1) is 17.0. The van der Waals surface area contributed by atoms with E-state index in [1.165, 1.54) is 25.7 Å². The van der Waals surface area contributed by atoms with Crippen molar-refractivity contribution in [2.24, 2.45) is 5.73 Å². The van der Waals surface area contributed by atoms with Gasteiger partial charge in [0.25, 0.3) is 0 Å². The van der Waals surface area contributed by atoms with Crippen molar-refractivity contribution in [2.75, 3.05) is 12.3 Å². The molecule has 0 amide bonds. The molecule has 0 radical (unpaired) electrons. The Morgan fingerprint density at radius 1 is 0.955 bits per heavy atom. The van der Waals surface area contributed by atoms with Gasteiger partial charge in [0.2, 0.25) is 5.95 Å². The molecule has 4 nitrogen and oxygen atoms in total. The molecule has 120 valence electrons. The summed E-state index contributed by atoms with van der Waals surface area (Å²) in [5, 5.41) is 0. The molecular weight excluding hydrogens is 340 g/mol. The fraction of sp³-hybridized carbons (Fsp3) is 0.471. The fourth-order valence-corrected chi connectivity index (χ4v) is 2.86. The van der Waals surface area contributed by atoms with Crippen molar-refractivity contribution in [3.63, 3.8) is 0 Å². The third-order valence-electron chi connectivity index (χ3n) is 3.86. The standard InChI is InChI=1S/C17H25BrN4/c18-15-9-7-14(8-10-15)16-13-21-17(20)22(16)12-6-4-2-1-3-5-11-19/h7-10,13H,1-6,11-12,19H2,(H2,20,21). The van der Waals surface area contributed by atoms with Crippen molar-refractivity contribution in [1.29, 1.82) is 0 Å². The van der Waals surface area contributed by atoms with Crippen LogP contribution < -0.4 is 11.5 Å². The number of nitrogens with two attached hydrogens (primary N) is 2. The summed E-state index contributed by atoms with van der Waals surface area (Å²) < 4.78 is 3.19. The van der Waals surface area contributed by atoms with Crippen LogP contribution in [0.2, 0.25) is 0 Å². The first-order valence-electron chi connectivity index (χ1n) is 7.99. The van der Waals surface area contributed by atoms with E-state index in [2.05, 4.69) is 37.6 Å². The Morgan fingerprint density at radius 2 is 1.59 bits per heavy atom. The van der Waals surface area contributed by atoms with Crippen LogP contribution in [-0.2, 0) is 6.54 Å². The molecule has 2 rings (SSSR count). The van der Waals surface area contributed by atoms with E-state index < -0.39 is 0 Å². The van der Waals surface area contributed by atoms with Gasteiger partial charge in [-0.3, -0.25) is 0 Å². The van der Waals surface area contributed by atoms with Crippen LogP contribution in [0.5, 0.6) is 0 Å². The molecule has 22 heavy (non-hydrogen) atoms. The van der Waals surface area contributed by atoms with Crippen molar-refractivity contribution in [3.05, 3.63) is 34.9 Å². The molecule has 0 aliphatic carbocycles. The average Bonchev–Trinajstić information content (AvgIpc) is 2.88. The second-order valence-corrected chi connectivity index (χ2v) is 6.49. The number of aromatic nitrogens is 2. The fourth-order valence-electron chi connectivity index (χ4n) is 2.60. The molecule has 1 heterocycles. The summed E-state index contributed by atoms with van der Waals surface area (Å²) in [5.41, 5.74) is 13.8. The van der Waals surface area contributed by atoms with E-state index in [4.69, 9.17) is 11.5 Å². The largest absolute Gasteiger partial charge is 0.369 e. The Balaban J connectivity index is 1.88. The quantitative estimate of drug-likeness (QED) is 0.655. The van der Waals surface area contributed by atoms with Gasteiger partial charge in [0, 0.05) is 11.0 Å². The highest BCUT2D eigenvalue weighted by molar-refractivity contribution is 9.10. The summed E-state index contributed by atoms with van der Waals surface area (Å²) in [4.78, 5) is 4.27. The lowest BCUT2D eigenvalue weighted by Gasteiger charge is -2.10. The van der Waals surface area contributed by atoms with Gasteiger partial charge < -0.3 is 16.0 Å². The van der Waals surface area contributed by atoms with E-state index in [0.29, 0.717) is 5.95 Å². The highest BCUT2D eigenvalue weighted by Crippen LogP contribution is 2.24. The number of imidazole rings is 1. The van der Waals surface area contributed by atoms with Gasteiger partial charge in [0.05, 0.1) is 11.9 Å². The Hall–Kier alpha value is -1.33. The molecule has 0 aliphatic heterocycles. The number of unbranched alkanes of at least 4 members (excludes halogenated alkanes) is 5.